The van der Waals surface area contributed by atoms with Crippen molar-refractivity contribution in [2.75, 3.05) is 27.1 Å². The van der Waals surface area contributed by atoms with E-state index < -0.39 is 6.03 Å². The second-order valence-electron chi connectivity index (χ2n) is 7.56. The fourth-order valence-corrected chi connectivity index (χ4v) is 4.18. The van der Waals surface area contributed by atoms with Crippen LogP contribution in [0.15, 0.2) is 18.2 Å². The molecule has 1 aromatic rings. The standard InChI is InChI=1S/C20H25N3O6/c1-27-7-6-23-19(25)14-4-3-13(9-15(14)22-20(23)26)18(24)21-10-12-2-5-16-17(8-12)29-11-28-16/h2,5,8,13-15H,3-4,6-7,9-11H2,1H3,(H,21,24)(H,22,26). The first-order valence-corrected chi connectivity index (χ1v) is 9.84. The fraction of sp³-hybridized carbons (Fsp3) is 0.550. The van der Waals surface area contributed by atoms with Gasteiger partial charge in [0.25, 0.3) is 0 Å². The molecule has 9 nitrogen and oxygen atoms in total. The Morgan fingerprint density at radius 3 is 2.93 bits per heavy atom. The molecule has 2 fully saturated rings. The molecule has 1 saturated heterocycles. The maximum Gasteiger partial charge on any atom is 0.324 e. The van der Waals surface area contributed by atoms with Gasteiger partial charge in [0, 0.05) is 25.6 Å². The van der Waals surface area contributed by atoms with Crippen molar-refractivity contribution in [2.24, 2.45) is 11.8 Å². The number of fused-ring (bicyclic) bond motifs is 2. The Hall–Kier alpha value is -2.81. The molecule has 0 spiro atoms. The van der Waals surface area contributed by atoms with E-state index in [9.17, 15) is 14.4 Å². The van der Waals surface area contributed by atoms with Crippen LogP contribution in [-0.4, -0.2) is 55.8 Å². The lowest BCUT2D eigenvalue weighted by molar-refractivity contribution is -0.139. The van der Waals surface area contributed by atoms with E-state index >= 15 is 0 Å². The van der Waals surface area contributed by atoms with Crippen LogP contribution in [0, 0.1) is 11.8 Å². The molecular formula is C20H25N3O6. The van der Waals surface area contributed by atoms with Crippen molar-refractivity contribution in [3.8, 4) is 11.5 Å². The highest BCUT2D eigenvalue weighted by molar-refractivity contribution is 5.99. The molecule has 3 unspecified atom stereocenters. The Kier molecular flexibility index (Phi) is 5.57. The summed E-state index contributed by atoms with van der Waals surface area (Å²) in [5.41, 5.74) is 0.922. The molecule has 0 radical (unpaired) electrons. The predicted molar refractivity (Wildman–Crippen MR) is 101 cm³/mol. The number of carbonyl (C=O) groups is 3. The van der Waals surface area contributed by atoms with Crippen LogP contribution in [-0.2, 0) is 20.9 Å². The zero-order valence-electron chi connectivity index (χ0n) is 16.3. The predicted octanol–water partition coefficient (Wildman–Crippen LogP) is 1.01. The smallest absolute Gasteiger partial charge is 0.324 e. The van der Waals surface area contributed by atoms with E-state index in [-0.39, 0.29) is 43.0 Å². The van der Waals surface area contributed by atoms with Crippen LogP contribution < -0.4 is 20.1 Å². The van der Waals surface area contributed by atoms with Crippen LogP contribution in [0.3, 0.4) is 0 Å². The van der Waals surface area contributed by atoms with Gasteiger partial charge in [0.1, 0.15) is 0 Å². The number of carbonyl (C=O) groups excluding carboxylic acids is 3. The van der Waals surface area contributed by atoms with Crippen LogP contribution in [0.5, 0.6) is 11.5 Å². The summed E-state index contributed by atoms with van der Waals surface area (Å²) in [6.45, 7) is 1.14. The summed E-state index contributed by atoms with van der Waals surface area (Å²) in [7, 11) is 1.53. The van der Waals surface area contributed by atoms with Gasteiger partial charge in [0.05, 0.1) is 19.1 Å². The molecule has 2 aliphatic heterocycles. The number of nitrogens with one attached hydrogen (secondary N) is 2. The Labute approximate surface area is 168 Å². The maximum atomic E-state index is 12.7. The molecule has 4 amide bonds. The number of imide groups is 1. The summed E-state index contributed by atoms with van der Waals surface area (Å²) >= 11 is 0. The summed E-state index contributed by atoms with van der Waals surface area (Å²) in [5, 5.41) is 5.85. The number of ether oxygens (including phenoxy) is 3. The van der Waals surface area contributed by atoms with Crippen LogP contribution in [0.25, 0.3) is 0 Å². The molecule has 3 atom stereocenters. The zero-order chi connectivity index (χ0) is 20.4. The molecule has 9 heteroatoms. The van der Waals surface area contributed by atoms with Crippen molar-refractivity contribution >= 4 is 17.8 Å². The molecular weight excluding hydrogens is 378 g/mol. The summed E-state index contributed by atoms with van der Waals surface area (Å²) in [6.07, 6.45) is 1.66. The molecule has 2 N–H and O–H groups in total. The molecule has 2 heterocycles. The maximum absolute atomic E-state index is 12.7. The monoisotopic (exact) mass is 403 g/mol. The van der Waals surface area contributed by atoms with Gasteiger partial charge >= 0.3 is 6.03 Å². The lowest BCUT2D eigenvalue weighted by Crippen LogP contribution is -2.62. The van der Waals surface area contributed by atoms with Gasteiger partial charge in [-0.2, -0.15) is 0 Å². The highest BCUT2D eigenvalue weighted by Gasteiger charge is 2.45. The third-order valence-electron chi connectivity index (χ3n) is 5.78. The van der Waals surface area contributed by atoms with Crippen LogP contribution >= 0.6 is 0 Å². The van der Waals surface area contributed by atoms with E-state index in [0.29, 0.717) is 43.9 Å². The number of hydrogen-bond donors (Lipinski definition) is 2. The largest absolute Gasteiger partial charge is 0.454 e. The topological polar surface area (TPSA) is 106 Å². The number of amides is 4. The van der Waals surface area contributed by atoms with Gasteiger partial charge in [-0.1, -0.05) is 6.07 Å². The van der Waals surface area contributed by atoms with Gasteiger partial charge in [0.2, 0.25) is 18.6 Å². The van der Waals surface area contributed by atoms with Gasteiger partial charge in [-0.3, -0.25) is 14.5 Å². The van der Waals surface area contributed by atoms with Crippen molar-refractivity contribution in [3.05, 3.63) is 23.8 Å². The molecule has 4 rings (SSSR count). The van der Waals surface area contributed by atoms with Crippen molar-refractivity contribution in [1.82, 2.24) is 15.5 Å². The number of hydrogen-bond acceptors (Lipinski definition) is 6. The van der Waals surface area contributed by atoms with Crippen LogP contribution in [0.4, 0.5) is 4.79 Å². The number of benzene rings is 1. The van der Waals surface area contributed by atoms with Crippen LogP contribution in [0.1, 0.15) is 24.8 Å². The molecule has 0 aromatic heterocycles. The molecule has 156 valence electrons. The van der Waals surface area contributed by atoms with Gasteiger partial charge in [-0.25, -0.2) is 4.79 Å². The third kappa shape index (κ3) is 4.00. The summed E-state index contributed by atoms with van der Waals surface area (Å²) in [6, 6.07) is 4.86. The highest BCUT2D eigenvalue weighted by atomic mass is 16.7. The van der Waals surface area contributed by atoms with E-state index in [1.54, 1.807) is 0 Å². The minimum absolute atomic E-state index is 0.0652. The van der Waals surface area contributed by atoms with Crippen molar-refractivity contribution in [2.45, 2.75) is 31.8 Å². The minimum Gasteiger partial charge on any atom is -0.454 e. The molecule has 29 heavy (non-hydrogen) atoms. The molecule has 1 saturated carbocycles. The Bertz CT molecular complexity index is 813. The number of methoxy groups -OCH3 is 1. The highest BCUT2D eigenvalue weighted by Crippen LogP contribution is 2.34. The van der Waals surface area contributed by atoms with Gasteiger partial charge in [0.15, 0.2) is 11.5 Å². The zero-order valence-corrected chi connectivity index (χ0v) is 16.3. The molecule has 1 aromatic carbocycles. The second kappa shape index (κ2) is 8.28. The Morgan fingerprint density at radius 1 is 1.28 bits per heavy atom. The number of nitrogens with zero attached hydrogens (tertiary/aromatic N) is 1. The van der Waals surface area contributed by atoms with E-state index in [1.807, 2.05) is 18.2 Å². The quantitative estimate of drug-likeness (QED) is 0.735. The Balaban J connectivity index is 1.32. The van der Waals surface area contributed by atoms with Crippen molar-refractivity contribution in [3.63, 3.8) is 0 Å². The van der Waals surface area contributed by atoms with Gasteiger partial charge < -0.3 is 24.8 Å². The normalized spacial score (nSPS) is 25.4. The van der Waals surface area contributed by atoms with Crippen LogP contribution in [0.2, 0.25) is 0 Å². The first kappa shape index (κ1) is 19.5. The fourth-order valence-electron chi connectivity index (χ4n) is 4.18. The number of urea groups is 1. The Morgan fingerprint density at radius 2 is 2.10 bits per heavy atom. The lowest BCUT2D eigenvalue weighted by Gasteiger charge is -2.41. The van der Waals surface area contributed by atoms with E-state index in [1.165, 1.54) is 12.0 Å². The first-order chi connectivity index (χ1) is 14.1. The molecule has 3 aliphatic rings. The summed E-state index contributed by atoms with van der Waals surface area (Å²) in [4.78, 5) is 38.8. The van der Waals surface area contributed by atoms with E-state index in [2.05, 4.69) is 10.6 Å². The van der Waals surface area contributed by atoms with E-state index in [4.69, 9.17) is 14.2 Å². The molecule has 1 aliphatic carbocycles. The third-order valence-corrected chi connectivity index (χ3v) is 5.78. The average Bonchev–Trinajstić information content (AvgIpc) is 3.19. The first-order valence-electron chi connectivity index (χ1n) is 9.84. The van der Waals surface area contributed by atoms with E-state index in [0.717, 1.165) is 5.56 Å². The summed E-state index contributed by atoms with van der Waals surface area (Å²) in [5.74, 6) is 0.639. The SMILES string of the molecule is COCCN1C(=O)NC2CC(C(=O)NCc3ccc4c(c3)OCO4)CCC2C1=O. The summed E-state index contributed by atoms with van der Waals surface area (Å²) < 4.78 is 15.6. The van der Waals surface area contributed by atoms with Crippen molar-refractivity contribution in [1.29, 1.82) is 0 Å². The molecule has 0 bridgehead atoms. The lowest BCUT2D eigenvalue weighted by atomic mass is 9.76. The van der Waals surface area contributed by atoms with Crippen molar-refractivity contribution < 1.29 is 28.6 Å². The average molecular weight is 403 g/mol. The second-order valence-corrected chi connectivity index (χ2v) is 7.56. The number of rotatable bonds is 6. The minimum atomic E-state index is -0.408. The van der Waals surface area contributed by atoms with Gasteiger partial charge in [-0.05, 0) is 37.0 Å². The van der Waals surface area contributed by atoms with Gasteiger partial charge in [-0.15, -0.1) is 0 Å².